The predicted octanol–water partition coefficient (Wildman–Crippen LogP) is 4.14. The lowest BCUT2D eigenvalue weighted by Gasteiger charge is -2.08. The predicted molar refractivity (Wildman–Crippen MR) is 78.7 cm³/mol. The quantitative estimate of drug-likeness (QED) is 0.520. The fourth-order valence-corrected chi connectivity index (χ4v) is 2.22. The van der Waals surface area contributed by atoms with Gasteiger partial charge in [-0.15, -0.1) is 0 Å². The molecule has 0 spiro atoms. The first-order chi connectivity index (χ1) is 9.12. The summed E-state index contributed by atoms with van der Waals surface area (Å²) in [6.45, 7) is 6.26. The van der Waals surface area contributed by atoms with Crippen molar-refractivity contribution in [3.05, 3.63) is 34.9 Å². The largest absolute Gasteiger partial charge is 0.299 e. The van der Waals surface area contributed by atoms with E-state index in [1.165, 1.54) is 11.1 Å². The van der Waals surface area contributed by atoms with Gasteiger partial charge in [0, 0.05) is 12.0 Å². The maximum Gasteiger partial charge on any atom is 0.170 e. The Labute approximate surface area is 116 Å². The zero-order valence-corrected chi connectivity index (χ0v) is 12.3. The van der Waals surface area contributed by atoms with Gasteiger partial charge in [0.2, 0.25) is 0 Å². The summed E-state index contributed by atoms with van der Waals surface area (Å²) in [4.78, 5) is 23.7. The molecule has 0 saturated heterocycles. The fourth-order valence-electron chi connectivity index (χ4n) is 2.22. The number of carbonyl (C=O) groups is 2. The van der Waals surface area contributed by atoms with Gasteiger partial charge in [-0.3, -0.25) is 9.59 Å². The lowest BCUT2D eigenvalue weighted by Crippen LogP contribution is -2.09. The van der Waals surface area contributed by atoms with E-state index < -0.39 is 0 Å². The molecule has 0 bridgehead atoms. The summed E-state index contributed by atoms with van der Waals surface area (Å²) in [5, 5.41) is 0. The number of rotatable bonds is 8. The van der Waals surface area contributed by atoms with Gasteiger partial charge in [0.1, 0.15) is 5.78 Å². The van der Waals surface area contributed by atoms with E-state index >= 15 is 0 Å². The van der Waals surface area contributed by atoms with Crippen molar-refractivity contribution >= 4 is 11.6 Å². The number of aryl methyl sites for hydroxylation is 2. The fraction of sp³-hybridized carbons (Fsp3) is 0.529. The Morgan fingerprint density at radius 3 is 2.26 bits per heavy atom. The Morgan fingerprint density at radius 1 is 1.00 bits per heavy atom. The summed E-state index contributed by atoms with van der Waals surface area (Å²) in [6.07, 6.45) is 4.35. The molecule has 0 aliphatic heterocycles. The molecule has 1 aromatic carbocycles. The lowest BCUT2D eigenvalue weighted by atomic mass is 9.96. The normalized spacial score (nSPS) is 10.5. The van der Waals surface area contributed by atoms with Crippen LogP contribution in [0.5, 0.6) is 0 Å². The van der Waals surface area contributed by atoms with Crippen molar-refractivity contribution in [3.8, 4) is 0 Å². The molecule has 0 saturated carbocycles. The van der Waals surface area contributed by atoms with Crippen LogP contribution in [0, 0.1) is 0 Å². The Morgan fingerprint density at radius 2 is 1.68 bits per heavy atom. The van der Waals surface area contributed by atoms with Crippen LogP contribution in [0.2, 0.25) is 0 Å². The number of unbranched alkanes of at least 4 members (excludes halogenated alkanes) is 1. The Balaban J connectivity index is 2.74. The minimum atomic E-state index is -0.0431. The smallest absolute Gasteiger partial charge is 0.170 e. The first-order valence-corrected chi connectivity index (χ1v) is 7.29. The molecule has 0 aliphatic carbocycles. The molecule has 0 radical (unpaired) electrons. The molecule has 0 aromatic heterocycles. The maximum atomic E-state index is 12.1. The monoisotopic (exact) mass is 260 g/mol. The second-order valence-corrected chi connectivity index (χ2v) is 4.93. The number of Topliss-reactive ketones (excluding diaryl/α,β-unsaturated/α-hetero) is 2. The molecule has 1 aromatic rings. The maximum absolute atomic E-state index is 12.1. The summed E-state index contributed by atoms with van der Waals surface area (Å²) >= 11 is 0. The van der Waals surface area contributed by atoms with Crippen LogP contribution in [-0.2, 0) is 17.6 Å². The van der Waals surface area contributed by atoms with Crippen molar-refractivity contribution in [2.75, 3.05) is 0 Å². The average molecular weight is 260 g/mol. The molecule has 19 heavy (non-hydrogen) atoms. The molecule has 0 unspecified atom stereocenters. The van der Waals surface area contributed by atoms with Gasteiger partial charge in [-0.25, -0.2) is 0 Å². The van der Waals surface area contributed by atoms with E-state index in [4.69, 9.17) is 0 Å². The van der Waals surface area contributed by atoms with Crippen molar-refractivity contribution in [1.82, 2.24) is 0 Å². The van der Waals surface area contributed by atoms with E-state index in [0.717, 1.165) is 25.7 Å². The molecule has 0 fully saturated rings. The van der Waals surface area contributed by atoms with Gasteiger partial charge in [-0.2, -0.15) is 0 Å². The number of carbonyl (C=O) groups excluding carboxylic acids is 2. The SMILES string of the molecule is CCCCC(=O)CC(=O)c1ccc(CC)c(CC)c1. The van der Waals surface area contributed by atoms with E-state index in [2.05, 4.69) is 13.8 Å². The summed E-state index contributed by atoms with van der Waals surface area (Å²) in [5.41, 5.74) is 3.18. The molecule has 0 amide bonds. The number of hydrogen-bond acceptors (Lipinski definition) is 2. The molecular weight excluding hydrogens is 236 g/mol. The van der Waals surface area contributed by atoms with Crippen molar-refractivity contribution in [3.63, 3.8) is 0 Å². The highest BCUT2D eigenvalue weighted by molar-refractivity contribution is 6.08. The van der Waals surface area contributed by atoms with E-state index in [0.29, 0.717) is 12.0 Å². The highest BCUT2D eigenvalue weighted by Gasteiger charge is 2.12. The van der Waals surface area contributed by atoms with Crippen LogP contribution in [0.4, 0.5) is 0 Å². The standard InChI is InChI=1S/C17H24O2/c1-4-7-8-16(18)12-17(19)15-10-9-13(5-2)14(6-3)11-15/h9-11H,4-8,12H2,1-3H3. The van der Waals surface area contributed by atoms with E-state index in [1.807, 2.05) is 25.1 Å². The molecule has 2 nitrogen and oxygen atoms in total. The zero-order chi connectivity index (χ0) is 14.3. The van der Waals surface area contributed by atoms with Gasteiger partial charge in [-0.1, -0.05) is 39.3 Å². The van der Waals surface area contributed by atoms with Crippen molar-refractivity contribution in [2.45, 2.75) is 59.3 Å². The number of hydrogen-bond donors (Lipinski definition) is 0. The minimum absolute atomic E-state index is 0.0431. The highest BCUT2D eigenvalue weighted by atomic mass is 16.1. The van der Waals surface area contributed by atoms with Gasteiger partial charge in [0.25, 0.3) is 0 Å². The second kappa shape index (κ2) is 7.88. The third-order valence-corrected chi connectivity index (χ3v) is 3.46. The van der Waals surface area contributed by atoms with Crippen LogP contribution >= 0.6 is 0 Å². The molecule has 0 heterocycles. The molecule has 2 heteroatoms. The number of benzene rings is 1. The van der Waals surface area contributed by atoms with Crippen molar-refractivity contribution < 1.29 is 9.59 Å². The highest BCUT2D eigenvalue weighted by Crippen LogP contribution is 2.15. The third kappa shape index (κ3) is 4.62. The van der Waals surface area contributed by atoms with E-state index in [1.54, 1.807) is 0 Å². The van der Waals surface area contributed by atoms with Crippen LogP contribution in [0.1, 0.15) is 67.9 Å². The van der Waals surface area contributed by atoms with Gasteiger partial charge in [0.15, 0.2) is 5.78 Å². The first kappa shape index (κ1) is 15.6. The van der Waals surface area contributed by atoms with Crippen LogP contribution < -0.4 is 0 Å². The van der Waals surface area contributed by atoms with Gasteiger partial charge in [0.05, 0.1) is 6.42 Å². The summed E-state index contributed by atoms with van der Waals surface area (Å²) in [7, 11) is 0. The molecule has 0 atom stereocenters. The first-order valence-electron chi connectivity index (χ1n) is 7.29. The number of ketones is 2. The molecule has 0 N–H and O–H groups in total. The minimum Gasteiger partial charge on any atom is -0.299 e. The summed E-state index contributed by atoms with van der Waals surface area (Å²) in [5.74, 6) is 0.0166. The molecule has 0 aliphatic rings. The van der Waals surface area contributed by atoms with Crippen LogP contribution in [0.15, 0.2) is 18.2 Å². The van der Waals surface area contributed by atoms with E-state index in [9.17, 15) is 9.59 Å². The Kier molecular flexibility index (Phi) is 6.48. The van der Waals surface area contributed by atoms with Crippen LogP contribution in [0.3, 0.4) is 0 Å². The zero-order valence-electron chi connectivity index (χ0n) is 12.3. The third-order valence-electron chi connectivity index (χ3n) is 3.46. The molecule has 1 rings (SSSR count). The van der Waals surface area contributed by atoms with Crippen molar-refractivity contribution in [1.29, 1.82) is 0 Å². The van der Waals surface area contributed by atoms with Crippen LogP contribution in [-0.4, -0.2) is 11.6 Å². The van der Waals surface area contributed by atoms with Crippen molar-refractivity contribution in [2.24, 2.45) is 0 Å². The summed E-state index contributed by atoms with van der Waals surface area (Å²) in [6, 6.07) is 5.82. The molecule has 104 valence electrons. The Hall–Kier alpha value is -1.44. The second-order valence-electron chi connectivity index (χ2n) is 4.93. The average Bonchev–Trinajstić information content (AvgIpc) is 2.44. The topological polar surface area (TPSA) is 34.1 Å². The Bertz CT molecular complexity index is 447. The van der Waals surface area contributed by atoms with Gasteiger partial charge < -0.3 is 0 Å². The van der Waals surface area contributed by atoms with E-state index in [-0.39, 0.29) is 18.0 Å². The van der Waals surface area contributed by atoms with Gasteiger partial charge in [-0.05, 0) is 36.5 Å². The van der Waals surface area contributed by atoms with Gasteiger partial charge >= 0.3 is 0 Å². The van der Waals surface area contributed by atoms with Crippen LogP contribution in [0.25, 0.3) is 0 Å². The summed E-state index contributed by atoms with van der Waals surface area (Å²) < 4.78 is 0. The lowest BCUT2D eigenvalue weighted by molar-refractivity contribution is -0.118. The molecular formula is C17H24O2.